The fourth-order valence-corrected chi connectivity index (χ4v) is 2.79. The summed E-state index contributed by atoms with van der Waals surface area (Å²) in [5, 5.41) is 4.45. The van der Waals surface area contributed by atoms with Gasteiger partial charge in [-0.2, -0.15) is 0 Å². The van der Waals surface area contributed by atoms with Crippen LogP contribution in [0.25, 0.3) is 0 Å². The Bertz CT molecular complexity index is 788. The van der Waals surface area contributed by atoms with Gasteiger partial charge in [0.05, 0.1) is 5.41 Å². The fourth-order valence-electron chi connectivity index (χ4n) is 2.05. The van der Waals surface area contributed by atoms with Gasteiger partial charge in [0.1, 0.15) is 6.54 Å². The number of hydrogen-bond donors (Lipinski definition) is 2. The smallest absolute Gasteiger partial charge is 0.307 e. The Balaban J connectivity index is 2.08. The van der Waals surface area contributed by atoms with Gasteiger partial charge in [-0.1, -0.05) is 23.5 Å². The largest absolute Gasteiger partial charge is 0.369 e. The van der Waals surface area contributed by atoms with Gasteiger partial charge < -0.3 is 11.1 Å². The lowest BCUT2D eigenvalue weighted by Gasteiger charge is -2.21. The van der Waals surface area contributed by atoms with Crippen LogP contribution in [-0.4, -0.2) is 16.4 Å². The van der Waals surface area contributed by atoms with Crippen LogP contribution in [0.4, 0.5) is 5.69 Å². The molecule has 0 aliphatic carbocycles. The summed E-state index contributed by atoms with van der Waals surface area (Å²) in [6.45, 7) is 5.25. The molecule has 0 fully saturated rings. The number of benzene rings is 1. The molecular weight excluding hydrogens is 314 g/mol. The number of carbonyl (C=O) groups is 2. The van der Waals surface area contributed by atoms with E-state index in [1.807, 2.05) is 0 Å². The van der Waals surface area contributed by atoms with Crippen molar-refractivity contribution in [1.82, 2.24) is 4.57 Å². The zero-order chi connectivity index (χ0) is 17.2. The van der Waals surface area contributed by atoms with Gasteiger partial charge in [0, 0.05) is 16.8 Å². The molecule has 2 aromatic rings. The Labute approximate surface area is 137 Å². The zero-order valence-corrected chi connectivity index (χ0v) is 14.1. The van der Waals surface area contributed by atoms with Crippen molar-refractivity contribution < 1.29 is 9.59 Å². The molecule has 2 rings (SSSR count). The summed E-state index contributed by atoms with van der Waals surface area (Å²) in [7, 11) is 0. The van der Waals surface area contributed by atoms with Crippen molar-refractivity contribution in [3.05, 3.63) is 50.6 Å². The van der Waals surface area contributed by atoms with Crippen LogP contribution in [0, 0.1) is 6.92 Å². The Hall–Kier alpha value is -2.41. The fraction of sp³-hybridized carbons (Fsp3) is 0.312. The van der Waals surface area contributed by atoms with E-state index >= 15 is 0 Å². The summed E-state index contributed by atoms with van der Waals surface area (Å²) in [5.41, 5.74) is 6.74. The molecule has 0 bridgehead atoms. The molecule has 2 amide bonds. The number of amides is 2. The summed E-state index contributed by atoms with van der Waals surface area (Å²) >= 11 is 1.07. The monoisotopic (exact) mass is 333 g/mol. The molecular formula is C16H19N3O3S. The van der Waals surface area contributed by atoms with Gasteiger partial charge in [-0.15, -0.1) is 0 Å². The number of hydrogen-bond acceptors (Lipinski definition) is 4. The first kappa shape index (κ1) is 17.0. The van der Waals surface area contributed by atoms with Crippen molar-refractivity contribution >= 4 is 28.8 Å². The number of primary amides is 1. The van der Waals surface area contributed by atoms with Gasteiger partial charge >= 0.3 is 4.87 Å². The van der Waals surface area contributed by atoms with E-state index in [4.69, 9.17) is 5.73 Å². The maximum Gasteiger partial charge on any atom is 0.307 e. The van der Waals surface area contributed by atoms with Crippen LogP contribution in [0.1, 0.15) is 25.1 Å². The Kier molecular flexibility index (Phi) is 4.70. The number of nitrogens with one attached hydrogen (secondary N) is 1. The third-order valence-electron chi connectivity index (χ3n) is 3.78. The molecule has 23 heavy (non-hydrogen) atoms. The molecule has 3 N–H and O–H groups in total. The Morgan fingerprint density at radius 1 is 1.26 bits per heavy atom. The highest BCUT2D eigenvalue weighted by molar-refractivity contribution is 7.07. The topological polar surface area (TPSA) is 94.2 Å². The lowest BCUT2D eigenvalue weighted by atomic mass is 9.84. The second-order valence-corrected chi connectivity index (χ2v) is 6.66. The third-order valence-corrected chi connectivity index (χ3v) is 4.67. The van der Waals surface area contributed by atoms with E-state index in [9.17, 15) is 14.4 Å². The number of rotatable bonds is 5. The molecule has 0 unspecified atom stereocenters. The first-order valence-corrected chi connectivity index (χ1v) is 7.95. The minimum atomic E-state index is -0.774. The number of thiazole rings is 1. The van der Waals surface area contributed by atoms with Crippen molar-refractivity contribution in [2.45, 2.75) is 32.7 Å². The molecule has 0 saturated carbocycles. The van der Waals surface area contributed by atoms with Crippen LogP contribution in [0.5, 0.6) is 0 Å². The van der Waals surface area contributed by atoms with Crippen LogP contribution < -0.4 is 15.9 Å². The molecule has 1 heterocycles. The van der Waals surface area contributed by atoms with Crippen molar-refractivity contribution in [2.24, 2.45) is 5.73 Å². The van der Waals surface area contributed by atoms with Crippen molar-refractivity contribution in [2.75, 3.05) is 5.32 Å². The van der Waals surface area contributed by atoms with Gasteiger partial charge in [0.2, 0.25) is 11.8 Å². The van der Waals surface area contributed by atoms with E-state index in [-0.39, 0.29) is 17.3 Å². The van der Waals surface area contributed by atoms with E-state index in [0.717, 1.165) is 22.6 Å². The highest BCUT2D eigenvalue weighted by Gasteiger charge is 2.27. The highest BCUT2D eigenvalue weighted by Crippen LogP contribution is 2.24. The molecule has 122 valence electrons. The van der Waals surface area contributed by atoms with Crippen LogP contribution >= 0.6 is 11.3 Å². The average molecular weight is 333 g/mol. The molecule has 0 saturated heterocycles. The maximum atomic E-state index is 12.0. The summed E-state index contributed by atoms with van der Waals surface area (Å²) in [6.07, 6.45) is 0. The number of aromatic nitrogens is 1. The van der Waals surface area contributed by atoms with Gasteiger partial charge in [-0.25, -0.2) is 0 Å². The predicted molar refractivity (Wildman–Crippen MR) is 90.6 cm³/mol. The minimum Gasteiger partial charge on any atom is -0.369 e. The van der Waals surface area contributed by atoms with Crippen molar-refractivity contribution in [1.29, 1.82) is 0 Å². The molecule has 0 atom stereocenters. The minimum absolute atomic E-state index is 0.0251. The molecule has 0 spiro atoms. The van der Waals surface area contributed by atoms with E-state index < -0.39 is 11.3 Å². The van der Waals surface area contributed by atoms with Gasteiger partial charge in [-0.05, 0) is 38.5 Å². The standard InChI is InChI=1S/C16H19N3O3S/c1-10-9-23-15(22)19(10)8-13(20)18-12-6-4-11(5-7-12)16(2,3)14(17)21/h4-7,9H,8H2,1-3H3,(H2,17,21)(H,18,20). The van der Waals surface area contributed by atoms with Crippen LogP contribution in [0.2, 0.25) is 0 Å². The number of aryl methyl sites for hydroxylation is 1. The number of anilines is 1. The molecule has 0 aliphatic rings. The van der Waals surface area contributed by atoms with Gasteiger partial charge in [0.15, 0.2) is 0 Å². The Morgan fingerprint density at radius 3 is 2.35 bits per heavy atom. The normalized spacial score (nSPS) is 11.3. The zero-order valence-electron chi connectivity index (χ0n) is 13.3. The predicted octanol–water partition coefficient (Wildman–Crippen LogP) is 1.62. The SMILES string of the molecule is Cc1csc(=O)n1CC(=O)Nc1ccc(C(C)(C)C(N)=O)cc1. The number of nitrogens with zero attached hydrogens (tertiary/aromatic N) is 1. The second-order valence-electron chi connectivity index (χ2n) is 5.84. The van der Waals surface area contributed by atoms with Gasteiger partial charge in [-0.3, -0.25) is 19.0 Å². The summed E-state index contributed by atoms with van der Waals surface area (Å²) in [6, 6.07) is 6.92. The average Bonchev–Trinajstić information content (AvgIpc) is 2.79. The van der Waals surface area contributed by atoms with Crippen molar-refractivity contribution in [3.63, 3.8) is 0 Å². The molecule has 0 aliphatic heterocycles. The van der Waals surface area contributed by atoms with Crippen molar-refractivity contribution in [3.8, 4) is 0 Å². The Morgan fingerprint density at radius 2 is 1.87 bits per heavy atom. The molecule has 7 heteroatoms. The molecule has 0 radical (unpaired) electrons. The summed E-state index contributed by atoms with van der Waals surface area (Å²) < 4.78 is 1.42. The van der Waals surface area contributed by atoms with Crippen LogP contribution in [-0.2, 0) is 21.5 Å². The molecule has 1 aromatic carbocycles. The highest BCUT2D eigenvalue weighted by atomic mass is 32.1. The van der Waals surface area contributed by atoms with E-state index in [2.05, 4.69) is 5.32 Å². The van der Waals surface area contributed by atoms with Crippen LogP contribution in [0.15, 0.2) is 34.4 Å². The number of carbonyl (C=O) groups excluding carboxylic acids is 2. The first-order chi connectivity index (χ1) is 10.7. The molecule has 6 nitrogen and oxygen atoms in total. The summed E-state index contributed by atoms with van der Waals surface area (Å²) in [4.78, 5) is 34.9. The first-order valence-electron chi connectivity index (χ1n) is 7.07. The second kappa shape index (κ2) is 6.37. The molecule has 1 aromatic heterocycles. The van der Waals surface area contributed by atoms with E-state index in [0.29, 0.717) is 5.69 Å². The van der Waals surface area contributed by atoms with E-state index in [1.165, 1.54) is 4.57 Å². The lowest BCUT2D eigenvalue weighted by Crippen LogP contribution is -2.35. The lowest BCUT2D eigenvalue weighted by molar-refractivity contribution is -0.122. The number of nitrogens with two attached hydrogens (primary N) is 1. The maximum absolute atomic E-state index is 12.0. The van der Waals surface area contributed by atoms with Crippen LogP contribution in [0.3, 0.4) is 0 Å². The van der Waals surface area contributed by atoms with Gasteiger partial charge in [0.25, 0.3) is 0 Å². The summed E-state index contributed by atoms with van der Waals surface area (Å²) in [5.74, 6) is -0.697. The van der Waals surface area contributed by atoms with E-state index in [1.54, 1.807) is 50.4 Å². The quantitative estimate of drug-likeness (QED) is 0.870. The third kappa shape index (κ3) is 3.68.